The van der Waals surface area contributed by atoms with Crippen molar-refractivity contribution in [1.29, 1.82) is 0 Å². The molecular weight excluding hydrogens is 334 g/mol. The number of aliphatic hydroxyl groups is 1. The normalized spacial score (nSPS) is 42.6. The standard InChI is InChI=1S/C19H27N3O4/c1-11(2)16(23)18(25)20-12(3)17(24)21-15-14-8-6-5-7-13(14)9-10-22(4)19(15)26/h5-8,11-12,15-16,23H,9-10H2,1-4H3,(H,20,25)(H,21,24)/t12-,15-,16-/m0/s1/i1D3,2D3,3D3,4D3,5D,6D,7D,8D,9D2,10D2,11D,12D,15D. The van der Waals surface area contributed by atoms with Crippen LogP contribution in [0.25, 0.3) is 0 Å². The van der Waals surface area contributed by atoms with Crippen LogP contribution in [0.4, 0.5) is 0 Å². The van der Waals surface area contributed by atoms with Crippen molar-refractivity contribution < 1.29 is 51.0 Å². The van der Waals surface area contributed by atoms with Crippen molar-refractivity contribution in [3.63, 3.8) is 0 Å². The van der Waals surface area contributed by atoms with Gasteiger partial charge in [0.25, 0.3) is 0 Å². The second-order valence-corrected chi connectivity index (χ2v) is 4.64. The lowest BCUT2D eigenvalue weighted by Gasteiger charge is -2.24. The molecule has 1 aliphatic heterocycles. The summed E-state index contributed by atoms with van der Waals surface area (Å²) in [5.41, 5.74) is -3.26. The van der Waals surface area contributed by atoms with Gasteiger partial charge in [-0.2, -0.15) is 0 Å². The van der Waals surface area contributed by atoms with Crippen molar-refractivity contribution in [2.45, 2.75) is 45.1 Å². The molecule has 1 aliphatic rings. The van der Waals surface area contributed by atoms with Gasteiger partial charge in [0.1, 0.15) is 18.1 Å². The highest BCUT2D eigenvalue weighted by molar-refractivity contribution is 5.93. The van der Waals surface area contributed by atoms with Crippen molar-refractivity contribution >= 4 is 17.7 Å². The highest BCUT2D eigenvalue weighted by Crippen LogP contribution is 2.24. The third-order valence-corrected chi connectivity index (χ3v) is 2.88. The Morgan fingerprint density at radius 2 is 2.19 bits per heavy atom. The lowest BCUT2D eigenvalue weighted by atomic mass is 9.99. The van der Waals surface area contributed by atoms with Gasteiger partial charge in [-0.3, -0.25) is 14.4 Å². The minimum atomic E-state index is -4.36. The van der Waals surface area contributed by atoms with Crippen LogP contribution in [0.15, 0.2) is 24.2 Å². The van der Waals surface area contributed by atoms with Crippen LogP contribution >= 0.6 is 0 Å². The van der Waals surface area contributed by atoms with Gasteiger partial charge in [0.15, 0.2) is 0 Å². The van der Waals surface area contributed by atoms with Gasteiger partial charge in [0.2, 0.25) is 17.7 Å². The fourth-order valence-electron chi connectivity index (χ4n) is 1.65. The summed E-state index contributed by atoms with van der Waals surface area (Å²) in [4.78, 5) is 39.5. The van der Waals surface area contributed by atoms with Crippen LogP contribution in [-0.2, 0) is 20.8 Å². The monoisotopic (exact) mass is 384 g/mol. The zero-order chi connectivity index (χ0) is 39.3. The summed E-state index contributed by atoms with van der Waals surface area (Å²) in [6.07, 6.45) is -7.52. The maximum Gasteiger partial charge on any atom is 0.249 e. The molecule has 26 heavy (non-hydrogen) atoms. The summed E-state index contributed by atoms with van der Waals surface area (Å²) in [5, 5.41) is 12.7. The summed E-state index contributed by atoms with van der Waals surface area (Å²) >= 11 is 0. The number of carbonyl (C=O) groups is 3. The number of carbonyl (C=O) groups excluding carboxylic acids is 3. The summed E-state index contributed by atoms with van der Waals surface area (Å²) in [7, 11) is 0. The average Bonchev–Trinajstić information content (AvgIpc) is 2.92. The largest absolute Gasteiger partial charge is 0.383 e. The second kappa shape index (κ2) is 8.31. The Morgan fingerprint density at radius 3 is 2.88 bits per heavy atom. The van der Waals surface area contributed by atoms with E-state index in [9.17, 15) is 19.5 Å². The molecule has 0 fully saturated rings. The van der Waals surface area contributed by atoms with Crippen molar-refractivity contribution in [2.24, 2.45) is 5.89 Å². The molecule has 1 aromatic carbocycles. The zero-order valence-corrected chi connectivity index (χ0v) is 12.7. The minimum Gasteiger partial charge on any atom is -0.383 e. The molecular formula is C19H27N3O4. The number of fused-ring (bicyclic) bond motifs is 1. The number of nitrogens with zero attached hydrogens (tertiary/aromatic N) is 1. The summed E-state index contributed by atoms with van der Waals surface area (Å²) < 4.78 is 182. The molecule has 2 rings (SSSR count). The van der Waals surface area contributed by atoms with Crippen LogP contribution in [0.3, 0.4) is 0 Å². The number of benzene rings is 1. The number of nitrogens with one attached hydrogen (secondary N) is 2. The molecule has 0 unspecified atom stereocenters. The first-order valence-corrected chi connectivity index (χ1v) is 6.62. The Labute approximate surface area is 186 Å². The number of hydrogen-bond donors (Lipinski definition) is 3. The molecule has 0 radical (unpaired) electrons. The summed E-state index contributed by atoms with van der Waals surface area (Å²) in [6, 6.07) is -14.2. The quantitative estimate of drug-likeness (QED) is 0.683. The van der Waals surface area contributed by atoms with Crippen molar-refractivity contribution in [3.8, 4) is 0 Å². The molecule has 3 atom stereocenters. The SMILES string of the molecule is [2H]c1c([2H])c([2H])c2c(c1[2H])C([2H])([2H])C([2H])([2H])N(C([2H])([2H])[2H])C(=O)[C@@]2([2H])NC(=O)[C@@]([2H])(NC(=O)[C@@H](O)C([2H])(C([2H])([2H])[2H])C([2H])([2H])[2H])C([2H])([2H])[2H]. The lowest BCUT2D eigenvalue weighted by molar-refractivity contribution is -0.137. The van der Waals surface area contributed by atoms with E-state index in [1.165, 1.54) is 5.32 Å². The van der Waals surface area contributed by atoms with Gasteiger partial charge in [-0.05, 0) is 30.2 Å². The molecule has 0 aliphatic carbocycles. The van der Waals surface area contributed by atoms with Crippen LogP contribution in [0, 0.1) is 5.89 Å². The van der Waals surface area contributed by atoms with E-state index in [0.717, 1.165) is 5.32 Å². The van der Waals surface area contributed by atoms with Crippen molar-refractivity contribution in [3.05, 3.63) is 35.3 Å². The fraction of sp³-hybridized carbons (Fsp3) is 0.526. The molecule has 0 bridgehead atoms. The Balaban J connectivity index is 2.99. The molecule has 1 aromatic rings. The highest BCUT2D eigenvalue weighted by atomic mass is 16.3. The molecule has 0 spiro atoms. The summed E-state index contributed by atoms with van der Waals surface area (Å²) in [6.45, 7) is -20.5. The fourth-order valence-corrected chi connectivity index (χ4v) is 1.65. The predicted molar refractivity (Wildman–Crippen MR) is 97.1 cm³/mol. The van der Waals surface area contributed by atoms with Gasteiger partial charge in [0.05, 0.1) is 8.22 Å². The van der Waals surface area contributed by atoms with Gasteiger partial charge in [-0.25, -0.2) is 0 Å². The zero-order valence-electron chi connectivity index (χ0n) is 35.7. The first kappa shape index (κ1) is 5.32. The molecule has 7 nitrogen and oxygen atoms in total. The molecule has 0 aromatic heterocycles. The molecule has 0 saturated heterocycles. The number of amides is 3. The summed E-state index contributed by atoms with van der Waals surface area (Å²) in [5.74, 6) is -11.7. The van der Waals surface area contributed by atoms with Gasteiger partial charge < -0.3 is 20.6 Å². The van der Waals surface area contributed by atoms with E-state index in [1.54, 1.807) is 0 Å². The maximum absolute atomic E-state index is 13.9. The number of hydrogen-bond acceptors (Lipinski definition) is 4. The van der Waals surface area contributed by atoms with Crippen LogP contribution in [-0.4, -0.2) is 53.3 Å². The molecule has 3 N–H and O–H groups in total. The molecule has 0 saturated carbocycles. The third-order valence-electron chi connectivity index (χ3n) is 2.88. The Bertz CT molecular complexity index is 1530. The molecule has 3 amide bonds. The average molecular weight is 385 g/mol. The Morgan fingerprint density at radius 1 is 1.42 bits per heavy atom. The van der Waals surface area contributed by atoms with Gasteiger partial charge >= 0.3 is 0 Å². The van der Waals surface area contributed by atoms with E-state index in [4.69, 9.17) is 31.5 Å². The first-order valence-electron chi connectivity index (χ1n) is 18.1. The molecule has 142 valence electrons. The first-order chi connectivity index (χ1) is 21.3. The van der Waals surface area contributed by atoms with Crippen molar-refractivity contribution in [1.82, 2.24) is 15.5 Å². The van der Waals surface area contributed by atoms with Crippen LogP contribution < -0.4 is 10.6 Å². The number of likely N-dealkylation sites (N-methyl/N-ethyl adjacent to an activating group) is 1. The number of rotatable bonds is 5. The Hall–Kier alpha value is -2.41. The van der Waals surface area contributed by atoms with E-state index in [2.05, 4.69) is 0 Å². The number of aliphatic hydroxyl groups excluding tert-OH is 1. The van der Waals surface area contributed by atoms with E-state index >= 15 is 0 Å². The lowest BCUT2D eigenvalue weighted by Crippen LogP contribution is -2.51. The molecule has 7 heteroatoms. The van der Waals surface area contributed by atoms with Gasteiger partial charge in [-0.15, -0.1) is 0 Å². The van der Waals surface area contributed by atoms with E-state index in [1.807, 2.05) is 0 Å². The highest BCUT2D eigenvalue weighted by Gasteiger charge is 2.32. The van der Waals surface area contributed by atoms with Crippen LogP contribution in [0.2, 0.25) is 0 Å². The maximum atomic E-state index is 13.9. The minimum absolute atomic E-state index is 0.913. The Kier molecular flexibility index (Phi) is 1.70. The van der Waals surface area contributed by atoms with Crippen LogP contribution in [0.5, 0.6) is 0 Å². The van der Waals surface area contributed by atoms with E-state index in [-0.39, 0.29) is 0 Å². The smallest absolute Gasteiger partial charge is 0.249 e. The topological polar surface area (TPSA) is 98.7 Å². The predicted octanol–water partition coefficient (Wildman–Crippen LogP) is 0.380. The van der Waals surface area contributed by atoms with Gasteiger partial charge in [-0.1, -0.05) is 37.9 Å². The van der Waals surface area contributed by atoms with E-state index in [0.29, 0.717) is 0 Å². The second-order valence-electron chi connectivity index (χ2n) is 4.64. The molecule has 1 heterocycles. The van der Waals surface area contributed by atoms with E-state index < -0.39 is 122 Å². The van der Waals surface area contributed by atoms with Crippen molar-refractivity contribution in [2.75, 3.05) is 13.5 Å². The third kappa shape index (κ3) is 4.40. The van der Waals surface area contributed by atoms with Gasteiger partial charge in [0, 0.05) is 36.8 Å². The van der Waals surface area contributed by atoms with Crippen LogP contribution in [0.1, 0.15) is 69.2 Å².